The number of aromatic nitrogens is 2. The van der Waals surface area contributed by atoms with Gasteiger partial charge in [0.15, 0.2) is 0 Å². The summed E-state index contributed by atoms with van der Waals surface area (Å²) in [6.07, 6.45) is 0. The van der Waals surface area contributed by atoms with Gasteiger partial charge >= 0.3 is 5.69 Å². The third-order valence-electron chi connectivity index (χ3n) is 5.11. The maximum Gasteiger partial charge on any atom is 0.323 e. The quantitative estimate of drug-likeness (QED) is 0.623. The number of aryl methyl sites for hydroxylation is 1. The van der Waals surface area contributed by atoms with Crippen molar-refractivity contribution in [3.8, 4) is 0 Å². The van der Waals surface area contributed by atoms with Gasteiger partial charge in [-0.1, -0.05) is 12.1 Å². The Morgan fingerprint density at radius 1 is 1.11 bits per heavy atom. The van der Waals surface area contributed by atoms with Crippen LogP contribution in [0.2, 0.25) is 0 Å². The molecule has 0 spiro atoms. The molecule has 1 aliphatic rings. The predicted molar refractivity (Wildman–Crippen MR) is 113 cm³/mol. The fourth-order valence-electron chi connectivity index (χ4n) is 3.71. The molecule has 1 atom stereocenters. The fourth-order valence-corrected chi connectivity index (χ4v) is 6.25. The number of benzene rings is 2. The van der Waals surface area contributed by atoms with E-state index in [1.807, 2.05) is 26.0 Å². The Hall–Kier alpha value is -2.10. The average Bonchev–Trinajstić information content (AvgIpc) is 2.99. The van der Waals surface area contributed by atoms with Crippen LogP contribution in [0.15, 0.2) is 50.6 Å². The number of rotatable bonds is 3. The molecule has 2 heterocycles. The highest BCUT2D eigenvalue weighted by Crippen LogP contribution is 2.30. The second kappa shape index (κ2) is 7.06. The molecule has 28 heavy (non-hydrogen) atoms. The van der Waals surface area contributed by atoms with Gasteiger partial charge in [-0.15, -0.1) is 0 Å². The SMILES string of the molecule is Cc1cccc(N2CCN(S(=O)(=O)c3cc4[nH]c(=O)[nH]c4cc3Br)C[C@H]2C)c1. The molecular weight excluding hydrogens is 444 g/mol. The summed E-state index contributed by atoms with van der Waals surface area (Å²) in [6, 6.07) is 11.4. The van der Waals surface area contributed by atoms with Gasteiger partial charge in [-0.05, 0) is 59.6 Å². The first-order valence-electron chi connectivity index (χ1n) is 9.01. The molecule has 0 aliphatic carbocycles. The topological polar surface area (TPSA) is 89.3 Å². The van der Waals surface area contributed by atoms with E-state index in [2.05, 4.69) is 42.9 Å². The van der Waals surface area contributed by atoms with Crippen LogP contribution in [-0.4, -0.2) is 48.4 Å². The number of aromatic amines is 2. The summed E-state index contributed by atoms with van der Waals surface area (Å²) in [7, 11) is -3.70. The van der Waals surface area contributed by atoms with Crippen molar-refractivity contribution in [2.45, 2.75) is 24.8 Å². The predicted octanol–water partition coefficient (Wildman–Crippen LogP) is 2.83. The molecule has 0 saturated carbocycles. The summed E-state index contributed by atoms with van der Waals surface area (Å²) in [4.78, 5) is 19.2. The third-order valence-corrected chi connectivity index (χ3v) is 7.93. The second-order valence-electron chi connectivity index (χ2n) is 7.15. The number of imidazole rings is 1. The zero-order chi connectivity index (χ0) is 20.1. The zero-order valence-electron chi connectivity index (χ0n) is 15.6. The molecule has 0 amide bonds. The molecule has 7 nitrogen and oxygen atoms in total. The van der Waals surface area contributed by atoms with Crippen molar-refractivity contribution in [1.29, 1.82) is 0 Å². The molecule has 0 unspecified atom stereocenters. The number of anilines is 1. The van der Waals surface area contributed by atoms with Gasteiger partial charge in [-0.3, -0.25) is 0 Å². The number of H-pyrrole nitrogens is 2. The molecule has 1 aromatic heterocycles. The molecule has 1 aliphatic heterocycles. The molecule has 4 rings (SSSR count). The van der Waals surface area contributed by atoms with E-state index in [0.29, 0.717) is 35.1 Å². The maximum atomic E-state index is 13.3. The van der Waals surface area contributed by atoms with Crippen LogP contribution in [0.5, 0.6) is 0 Å². The number of halogens is 1. The van der Waals surface area contributed by atoms with E-state index in [9.17, 15) is 13.2 Å². The molecule has 1 saturated heterocycles. The summed E-state index contributed by atoms with van der Waals surface area (Å²) < 4.78 is 28.5. The van der Waals surface area contributed by atoms with Crippen LogP contribution in [-0.2, 0) is 10.0 Å². The molecule has 2 aromatic carbocycles. The minimum atomic E-state index is -3.70. The lowest BCUT2D eigenvalue weighted by molar-refractivity contribution is 0.342. The Labute approximate surface area is 171 Å². The first-order chi connectivity index (χ1) is 13.3. The van der Waals surface area contributed by atoms with Gasteiger partial charge < -0.3 is 14.9 Å². The second-order valence-corrected chi connectivity index (χ2v) is 9.91. The summed E-state index contributed by atoms with van der Waals surface area (Å²) in [5, 5.41) is 0. The summed E-state index contributed by atoms with van der Waals surface area (Å²) >= 11 is 3.35. The van der Waals surface area contributed by atoms with E-state index >= 15 is 0 Å². The van der Waals surface area contributed by atoms with Gasteiger partial charge in [0.2, 0.25) is 10.0 Å². The Kier molecular flexibility index (Phi) is 4.84. The zero-order valence-corrected chi connectivity index (χ0v) is 18.0. The fraction of sp³-hybridized carbons (Fsp3) is 0.316. The van der Waals surface area contributed by atoms with Crippen molar-refractivity contribution in [2.24, 2.45) is 0 Å². The minimum Gasteiger partial charge on any atom is -0.366 e. The summed E-state index contributed by atoms with van der Waals surface area (Å²) in [5.41, 5.74) is 2.96. The van der Waals surface area contributed by atoms with Crippen molar-refractivity contribution in [3.05, 3.63) is 56.9 Å². The molecular formula is C19H21BrN4O3S. The highest BCUT2D eigenvalue weighted by Gasteiger charge is 2.33. The van der Waals surface area contributed by atoms with Gasteiger partial charge in [0, 0.05) is 35.8 Å². The van der Waals surface area contributed by atoms with E-state index in [1.165, 1.54) is 15.9 Å². The van der Waals surface area contributed by atoms with Crippen molar-refractivity contribution < 1.29 is 8.42 Å². The van der Waals surface area contributed by atoms with Gasteiger partial charge in [-0.2, -0.15) is 4.31 Å². The number of nitrogens with zero attached hydrogens (tertiary/aromatic N) is 2. The summed E-state index contributed by atoms with van der Waals surface area (Å²) in [5.74, 6) is 0. The molecule has 9 heteroatoms. The molecule has 0 bridgehead atoms. The Bertz CT molecular complexity index is 1200. The molecule has 3 aromatic rings. The van der Waals surface area contributed by atoms with Crippen molar-refractivity contribution in [2.75, 3.05) is 24.5 Å². The number of hydrogen-bond donors (Lipinski definition) is 2. The number of piperazine rings is 1. The van der Waals surface area contributed by atoms with Crippen LogP contribution in [0.1, 0.15) is 12.5 Å². The van der Waals surface area contributed by atoms with Crippen LogP contribution in [0, 0.1) is 6.92 Å². The van der Waals surface area contributed by atoms with Gasteiger partial charge in [0.25, 0.3) is 0 Å². The third kappa shape index (κ3) is 3.38. The maximum absolute atomic E-state index is 13.3. The van der Waals surface area contributed by atoms with E-state index in [-0.39, 0.29) is 16.6 Å². The lowest BCUT2D eigenvalue weighted by Crippen LogP contribution is -2.53. The largest absolute Gasteiger partial charge is 0.366 e. The highest BCUT2D eigenvalue weighted by atomic mass is 79.9. The number of nitrogens with one attached hydrogen (secondary N) is 2. The van der Waals surface area contributed by atoms with Crippen LogP contribution in [0.25, 0.3) is 11.0 Å². The van der Waals surface area contributed by atoms with E-state index in [0.717, 1.165) is 5.69 Å². The molecule has 1 fully saturated rings. The van der Waals surface area contributed by atoms with Crippen LogP contribution >= 0.6 is 15.9 Å². The minimum absolute atomic E-state index is 0.0416. The van der Waals surface area contributed by atoms with E-state index in [1.54, 1.807) is 6.07 Å². The van der Waals surface area contributed by atoms with Gasteiger partial charge in [-0.25, -0.2) is 13.2 Å². The molecule has 148 valence electrons. The molecule has 2 N–H and O–H groups in total. The lowest BCUT2D eigenvalue weighted by Gasteiger charge is -2.40. The Balaban J connectivity index is 1.63. The van der Waals surface area contributed by atoms with Crippen molar-refractivity contribution in [1.82, 2.24) is 14.3 Å². The van der Waals surface area contributed by atoms with Crippen molar-refractivity contribution >= 4 is 42.7 Å². The standard InChI is InChI=1S/C19H21BrN4O3S/c1-12-4-3-5-14(8-12)24-7-6-23(11-13(24)2)28(26,27)18-10-17-16(9-15(18)20)21-19(25)22-17/h3-5,8-10,13H,6-7,11H2,1-2H3,(H2,21,22,25)/t13-/m1/s1. The van der Waals surface area contributed by atoms with Crippen LogP contribution < -0.4 is 10.6 Å². The monoisotopic (exact) mass is 464 g/mol. The van der Waals surface area contributed by atoms with Crippen LogP contribution in [0.3, 0.4) is 0 Å². The normalized spacial score (nSPS) is 18.7. The van der Waals surface area contributed by atoms with Gasteiger partial charge in [0.1, 0.15) is 0 Å². The number of hydrogen-bond acceptors (Lipinski definition) is 4. The Morgan fingerprint density at radius 3 is 2.50 bits per heavy atom. The molecule has 0 radical (unpaired) electrons. The van der Waals surface area contributed by atoms with Gasteiger partial charge in [0.05, 0.1) is 15.9 Å². The number of fused-ring (bicyclic) bond motifs is 1. The van der Waals surface area contributed by atoms with E-state index < -0.39 is 10.0 Å². The van der Waals surface area contributed by atoms with Crippen LogP contribution in [0.4, 0.5) is 5.69 Å². The first-order valence-corrected chi connectivity index (χ1v) is 11.2. The van der Waals surface area contributed by atoms with Crippen molar-refractivity contribution in [3.63, 3.8) is 0 Å². The van der Waals surface area contributed by atoms with E-state index in [4.69, 9.17) is 0 Å². The lowest BCUT2D eigenvalue weighted by atomic mass is 10.1. The average molecular weight is 465 g/mol. The first kappa shape index (κ1) is 19.2. The number of sulfonamides is 1. The highest BCUT2D eigenvalue weighted by molar-refractivity contribution is 9.10. The smallest absolute Gasteiger partial charge is 0.323 e. The summed E-state index contributed by atoms with van der Waals surface area (Å²) in [6.45, 7) is 5.49. The Morgan fingerprint density at radius 2 is 1.82 bits per heavy atom.